The first-order chi connectivity index (χ1) is 16.4. The van der Waals surface area contributed by atoms with Crippen molar-refractivity contribution in [3.8, 4) is 0 Å². The quantitative estimate of drug-likeness (QED) is 0.331. The maximum Gasteiger partial charge on any atom is 0.0676 e. The van der Waals surface area contributed by atoms with Gasteiger partial charge in [-0.25, -0.2) is 0 Å². The van der Waals surface area contributed by atoms with Crippen molar-refractivity contribution in [2.75, 3.05) is 6.61 Å². The van der Waals surface area contributed by atoms with E-state index in [0.29, 0.717) is 22.9 Å². The number of rotatable bonds is 7. The summed E-state index contributed by atoms with van der Waals surface area (Å²) in [5.74, 6) is 2.25. The van der Waals surface area contributed by atoms with Crippen LogP contribution in [0.15, 0.2) is 47.1 Å². The van der Waals surface area contributed by atoms with Crippen molar-refractivity contribution in [1.29, 1.82) is 0 Å². The topological polar surface area (TPSA) is 9.23 Å². The molecule has 4 aliphatic carbocycles. The van der Waals surface area contributed by atoms with E-state index in [1.807, 2.05) is 0 Å². The molecule has 35 heavy (non-hydrogen) atoms. The minimum absolute atomic E-state index is 0.116. The maximum absolute atomic E-state index is 6.67. The number of hydrogen-bond donors (Lipinski definition) is 0. The molecular formula is C34H54O. The second-order valence-corrected chi connectivity index (χ2v) is 14.2. The Hall–Kier alpha value is -1.08. The van der Waals surface area contributed by atoms with Crippen LogP contribution in [0.4, 0.5) is 0 Å². The SMILES string of the molecule is C/C=C/COC1CCC(C)(C)[C@@H]2CC=C3C(=CC[C@]4(C)[C@@H]([C@H](C)CCC=C(C)C)CC[C@@]34C)[C@@]12C. The van der Waals surface area contributed by atoms with Gasteiger partial charge < -0.3 is 4.74 Å². The van der Waals surface area contributed by atoms with Crippen molar-refractivity contribution >= 4 is 0 Å². The van der Waals surface area contributed by atoms with Crippen molar-refractivity contribution in [2.24, 2.45) is 39.4 Å². The van der Waals surface area contributed by atoms with Crippen molar-refractivity contribution in [3.05, 3.63) is 47.1 Å². The first kappa shape index (κ1) is 27.0. The van der Waals surface area contributed by atoms with E-state index in [1.54, 1.807) is 11.1 Å². The van der Waals surface area contributed by atoms with Gasteiger partial charge in [-0.15, -0.1) is 0 Å². The van der Waals surface area contributed by atoms with Gasteiger partial charge in [0, 0.05) is 5.41 Å². The molecular weight excluding hydrogens is 424 g/mol. The van der Waals surface area contributed by atoms with Gasteiger partial charge in [-0.05, 0) is 117 Å². The van der Waals surface area contributed by atoms with E-state index in [0.717, 1.165) is 18.4 Å². The van der Waals surface area contributed by atoms with Crippen LogP contribution in [-0.4, -0.2) is 12.7 Å². The lowest BCUT2D eigenvalue weighted by atomic mass is 9.44. The Balaban J connectivity index is 1.69. The van der Waals surface area contributed by atoms with Crippen molar-refractivity contribution in [2.45, 2.75) is 120 Å². The molecule has 1 nitrogen and oxygen atoms in total. The molecule has 0 amide bonds. The van der Waals surface area contributed by atoms with Crippen molar-refractivity contribution in [3.63, 3.8) is 0 Å². The molecule has 196 valence electrons. The monoisotopic (exact) mass is 478 g/mol. The van der Waals surface area contributed by atoms with Crippen LogP contribution in [0, 0.1) is 39.4 Å². The third-order valence-electron chi connectivity index (χ3n) is 11.7. The van der Waals surface area contributed by atoms with Gasteiger partial charge >= 0.3 is 0 Å². The highest BCUT2D eigenvalue weighted by molar-refractivity contribution is 5.50. The lowest BCUT2D eigenvalue weighted by Gasteiger charge is -2.62. The first-order valence-corrected chi connectivity index (χ1v) is 14.7. The van der Waals surface area contributed by atoms with Crippen LogP contribution in [0.2, 0.25) is 0 Å². The Kier molecular flexibility index (Phi) is 7.44. The van der Waals surface area contributed by atoms with Crippen LogP contribution < -0.4 is 0 Å². The van der Waals surface area contributed by atoms with E-state index < -0.39 is 0 Å². The van der Waals surface area contributed by atoms with E-state index in [4.69, 9.17) is 4.74 Å². The molecule has 0 aromatic rings. The fraction of sp³-hybridized carbons (Fsp3) is 0.765. The second-order valence-electron chi connectivity index (χ2n) is 14.2. The number of fused-ring (bicyclic) bond motifs is 5. The van der Waals surface area contributed by atoms with Crippen molar-refractivity contribution < 1.29 is 4.74 Å². The average Bonchev–Trinajstić information content (AvgIpc) is 3.06. The third kappa shape index (κ3) is 4.26. The van der Waals surface area contributed by atoms with Gasteiger partial charge in [0.2, 0.25) is 0 Å². The number of hydrogen-bond acceptors (Lipinski definition) is 1. The summed E-state index contributed by atoms with van der Waals surface area (Å²) in [6.45, 7) is 22.8. The lowest BCUT2D eigenvalue weighted by molar-refractivity contribution is -0.109. The smallest absolute Gasteiger partial charge is 0.0676 e. The number of ether oxygens (including phenoxy) is 1. The highest BCUT2D eigenvalue weighted by atomic mass is 16.5. The Bertz CT molecular complexity index is 911. The molecule has 0 spiro atoms. The Morgan fingerprint density at radius 3 is 2.49 bits per heavy atom. The number of allylic oxidation sites excluding steroid dienone is 6. The molecule has 0 radical (unpaired) electrons. The average molecular weight is 479 g/mol. The van der Waals surface area contributed by atoms with Crippen LogP contribution in [0.5, 0.6) is 0 Å². The van der Waals surface area contributed by atoms with E-state index in [-0.39, 0.29) is 10.8 Å². The molecule has 4 aliphatic rings. The van der Waals surface area contributed by atoms with Gasteiger partial charge in [0.15, 0.2) is 0 Å². The Labute approximate surface area is 217 Å². The summed E-state index contributed by atoms with van der Waals surface area (Å²) in [5.41, 5.74) is 5.97. The predicted octanol–water partition coefficient (Wildman–Crippen LogP) is 9.86. The summed E-state index contributed by atoms with van der Waals surface area (Å²) >= 11 is 0. The molecule has 4 rings (SSSR count). The lowest BCUT2D eigenvalue weighted by Crippen LogP contribution is -2.56. The Morgan fingerprint density at radius 1 is 1.06 bits per heavy atom. The fourth-order valence-corrected chi connectivity index (χ4v) is 9.29. The summed E-state index contributed by atoms with van der Waals surface area (Å²) in [6.07, 6.45) is 22.7. The third-order valence-corrected chi connectivity index (χ3v) is 11.7. The summed E-state index contributed by atoms with van der Waals surface area (Å²) < 4.78 is 6.67. The van der Waals surface area contributed by atoms with Crippen LogP contribution in [0.3, 0.4) is 0 Å². The molecule has 0 N–H and O–H groups in total. The van der Waals surface area contributed by atoms with Crippen molar-refractivity contribution in [1.82, 2.24) is 0 Å². The highest BCUT2D eigenvalue weighted by Gasteiger charge is 2.63. The van der Waals surface area contributed by atoms with E-state index in [2.05, 4.69) is 92.7 Å². The van der Waals surface area contributed by atoms with Crippen LogP contribution >= 0.6 is 0 Å². The van der Waals surface area contributed by atoms with E-state index in [1.165, 1.54) is 56.9 Å². The van der Waals surface area contributed by atoms with Crippen LogP contribution in [0.25, 0.3) is 0 Å². The second kappa shape index (κ2) is 9.66. The normalized spacial score (nSPS) is 40.9. The minimum atomic E-state index is 0.116. The van der Waals surface area contributed by atoms with Gasteiger partial charge in [-0.1, -0.05) is 77.5 Å². The molecule has 0 bridgehead atoms. The standard InChI is InChI=1S/C34H54O/c1-10-11-23-35-30-19-20-31(5,6)29-16-15-27-28(34(29,30)9)18-22-32(7)26(17-21-33(27,32)8)25(4)14-12-13-24(2)3/h10-11,13,15,18,25-26,29-30H,12,14,16-17,19-23H2,1-9H3/b11-10+/t25-,26-,29+,30?,32-,33+,34-/m1/s1. The molecule has 0 saturated heterocycles. The fourth-order valence-electron chi connectivity index (χ4n) is 9.29. The molecule has 0 aromatic carbocycles. The van der Waals surface area contributed by atoms with Gasteiger partial charge in [-0.2, -0.15) is 0 Å². The molecule has 1 unspecified atom stereocenters. The largest absolute Gasteiger partial charge is 0.373 e. The highest BCUT2D eigenvalue weighted by Crippen LogP contribution is 2.72. The van der Waals surface area contributed by atoms with Crippen LogP contribution in [0.1, 0.15) is 114 Å². The van der Waals surface area contributed by atoms with Gasteiger partial charge in [-0.3, -0.25) is 0 Å². The first-order valence-electron chi connectivity index (χ1n) is 14.7. The van der Waals surface area contributed by atoms with Gasteiger partial charge in [0.05, 0.1) is 12.7 Å². The molecule has 1 heteroatoms. The molecule has 0 heterocycles. The van der Waals surface area contributed by atoms with E-state index in [9.17, 15) is 0 Å². The van der Waals surface area contributed by atoms with E-state index >= 15 is 0 Å². The van der Waals surface area contributed by atoms with Gasteiger partial charge in [0.1, 0.15) is 0 Å². The summed E-state index contributed by atoms with van der Waals surface area (Å²) in [5, 5.41) is 0. The maximum atomic E-state index is 6.67. The summed E-state index contributed by atoms with van der Waals surface area (Å²) in [7, 11) is 0. The summed E-state index contributed by atoms with van der Waals surface area (Å²) in [4.78, 5) is 0. The van der Waals surface area contributed by atoms with Crippen LogP contribution in [-0.2, 0) is 4.74 Å². The molecule has 0 aliphatic heterocycles. The zero-order valence-corrected chi connectivity index (χ0v) is 24.5. The Morgan fingerprint density at radius 2 is 1.80 bits per heavy atom. The van der Waals surface area contributed by atoms with Gasteiger partial charge in [0.25, 0.3) is 0 Å². The predicted molar refractivity (Wildman–Crippen MR) is 151 cm³/mol. The molecule has 0 aromatic heterocycles. The summed E-state index contributed by atoms with van der Waals surface area (Å²) in [6, 6.07) is 0. The molecule has 2 saturated carbocycles. The minimum Gasteiger partial charge on any atom is -0.373 e. The molecule has 7 atom stereocenters. The zero-order chi connectivity index (χ0) is 25.6. The zero-order valence-electron chi connectivity index (χ0n) is 24.5. The molecule has 2 fully saturated rings.